The van der Waals surface area contributed by atoms with Crippen LogP contribution in [0.1, 0.15) is 32.3 Å². The Kier molecular flexibility index (Phi) is 7.28. The van der Waals surface area contributed by atoms with Gasteiger partial charge in [-0.25, -0.2) is 9.18 Å². The third-order valence-electron chi connectivity index (χ3n) is 7.31. The molecule has 0 bridgehead atoms. The number of nitrogens with zero attached hydrogens (tertiary/aromatic N) is 4. The lowest BCUT2D eigenvalue weighted by Gasteiger charge is -2.40. The van der Waals surface area contributed by atoms with Crippen molar-refractivity contribution < 1.29 is 9.18 Å². The van der Waals surface area contributed by atoms with E-state index in [9.17, 15) is 14.0 Å². The lowest BCUT2D eigenvalue weighted by Crippen LogP contribution is -2.54. The molecule has 200 valence electrons. The number of hydrogen-bond acceptors (Lipinski definition) is 4. The number of para-hydroxylation sites is 1. The van der Waals surface area contributed by atoms with E-state index in [0.29, 0.717) is 52.5 Å². The van der Waals surface area contributed by atoms with E-state index in [4.69, 9.17) is 11.6 Å². The van der Waals surface area contributed by atoms with E-state index in [2.05, 4.69) is 25.4 Å². The maximum atomic E-state index is 14.9. The Bertz CT molecular complexity index is 1650. The van der Waals surface area contributed by atoms with Gasteiger partial charge in [0.05, 0.1) is 11.2 Å². The summed E-state index contributed by atoms with van der Waals surface area (Å²) in [6.45, 7) is 11.2. The maximum absolute atomic E-state index is 14.9. The van der Waals surface area contributed by atoms with Crippen LogP contribution in [-0.2, 0) is 4.79 Å². The van der Waals surface area contributed by atoms with E-state index in [0.717, 1.165) is 11.3 Å². The number of amides is 1. The Balaban J connectivity index is 1.78. The van der Waals surface area contributed by atoms with Gasteiger partial charge in [0.25, 0.3) is 0 Å². The zero-order valence-corrected chi connectivity index (χ0v) is 23.0. The molecule has 5 rings (SSSR count). The number of carbonyl (C=O) groups is 1. The molecule has 1 unspecified atom stereocenters. The second-order valence-electron chi connectivity index (χ2n) is 10.1. The summed E-state index contributed by atoms with van der Waals surface area (Å²) in [5, 5.41) is 1.03. The van der Waals surface area contributed by atoms with Gasteiger partial charge in [-0.3, -0.25) is 9.36 Å². The fraction of sp³-hybridized carbons (Fsp3) is 0.258. The van der Waals surface area contributed by atoms with Crippen molar-refractivity contribution in [2.24, 2.45) is 0 Å². The first-order valence-electron chi connectivity index (χ1n) is 13.0. The van der Waals surface area contributed by atoms with Gasteiger partial charge in [-0.1, -0.05) is 68.4 Å². The molecular weight excluding hydrogens is 515 g/mol. The second kappa shape index (κ2) is 10.7. The summed E-state index contributed by atoms with van der Waals surface area (Å²) < 4.78 is 16.5. The Morgan fingerprint density at radius 3 is 2.51 bits per heavy atom. The van der Waals surface area contributed by atoms with Crippen LogP contribution in [0.3, 0.4) is 0 Å². The van der Waals surface area contributed by atoms with Crippen LogP contribution in [0.4, 0.5) is 10.2 Å². The first kappa shape index (κ1) is 26.6. The molecule has 2 heterocycles. The minimum atomic E-state index is -0.441. The van der Waals surface area contributed by atoms with Gasteiger partial charge in [-0.2, -0.15) is 4.98 Å². The van der Waals surface area contributed by atoms with Crippen molar-refractivity contribution >= 4 is 34.2 Å². The Labute approximate surface area is 232 Å². The van der Waals surface area contributed by atoms with Crippen molar-refractivity contribution in [2.45, 2.75) is 32.7 Å². The van der Waals surface area contributed by atoms with Crippen LogP contribution in [0.15, 0.2) is 78.1 Å². The van der Waals surface area contributed by atoms with Crippen LogP contribution < -0.4 is 10.6 Å². The molecular formula is C31H30ClFN4O2. The van der Waals surface area contributed by atoms with E-state index in [1.165, 1.54) is 12.1 Å². The highest BCUT2D eigenvalue weighted by atomic mass is 35.5. The van der Waals surface area contributed by atoms with Gasteiger partial charge >= 0.3 is 5.69 Å². The molecule has 0 spiro atoms. The molecule has 39 heavy (non-hydrogen) atoms. The normalized spacial score (nSPS) is 15.7. The van der Waals surface area contributed by atoms with Gasteiger partial charge in [0, 0.05) is 47.2 Å². The van der Waals surface area contributed by atoms with Crippen molar-refractivity contribution in [3.05, 3.63) is 100 Å². The molecule has 6 nitrogen and oxygen atoms in total. The number of hydrogen-bond donors (Lipinski definition) is 0. The van der Waals surface area contributed by atoms with Gasteiger partial charge < -0.3 is 9.80 Å². The van der Waals surface area contributed by atoms with Gasteiger partial charge in [0.15, 0.2) is 0 Å². The number of aromatic nitrogens is 2. The largest absolute Gasteiger partial charge is 0.354 e. The van der Waals surface area contributed by atoms with Crippen LogP contribution >= 0.6 is 11.6 Å². The lowest BCUT2D eigenvalue weighted by molar-refractivity contribution is -0.126. The Morgan fingerprint density at radius 1 is 1.10 bits per heavy atom. The monoisotopic (exact) mass is 544 g/mol. The number of carbonyl (C=O) groups excluding carboxylic acids is 1. The van der Waals surface area contributed by atoms with E-state index < -0.39 is 11.5 Å². The summed E-state index contributed by atoms with van der Waals surface area (Å²) in [6, 6.07) is 17.6. The van der Waals surface area contributed by atoms with Gasteiger partial charge in [0.2, 0.25) is 5.91 Å². The van der Waals surface area contributed by atoms with Crippen molar-refractivity contribution in [3.8, 4) is 16.8 Å². The maximum Gasteiger partial charge on any atom is 0.354 e. The molecule has 3 aromatic carbocycles. The van der Waals surface area contributed by atoms with Crippen LogP contribution in [0.25, 0.3) is 27.7 Å². The standard InChI is InChI=1S/C31H30ClFN4O2/c1-5-29(38)35-14-15-36(20(4)18-35)30-24-16-25(32)23(22-11-6-8-12-26(22)33)17-28(24)37(31(39)34-30)27-13-9-7-10-21(27)19(2)3/h5-13,16-17,19-20H,1,14-15,18H2,2-4H3. The van der Waals surface area contributed by atoms with E-state index >= 15 is 0 Å². The molecule has 0 aliphatic carbocycles. The highest BCUT2D eigenvalue weighted by Gasteiger charge is 2.29. The molecule has 0 saturated carbocycles. The zero-order valence-electron chi connectivity index (χ0n) is 22.2. The fourth-order valence-electron chi connectivity index (χ4n) is 5.35. The number of halogens is 2. The van der Waals surface area contributed by atoms with E-state index in [-0.39, 0.29) is 17.9 Å². The minimum Gasteiger partial charge on any atom is -0.350 e. The molecule has 1 amide bonds. The average Bonchev–Trinajstić information content (AvgIpc) is 2.92. The molecule has 1 aromatic heterocycles. The number of fused-ring (bicyclic) bond motifs is 1. The van der Waals surface area contributed by atoms with Gasteiger partial charge in [-0.15, -0.1) is 0 Å². The first-order valence-corrected chi connectivity index (χ1v) is 13.4. The average molecular weight is 545 g/mol. The van der Waals surface area contributed by atoms with Crippen molar-refractivity contribution in [1.82, 2.24) is 14.5 Å². The SMILES string of the molecule is C=CC(=O)N1CCN(c2nc(=O)n(-c3ccccc3C(C)C)c3cc(-c4ccccc4F)c(Cl)cc23)C(C)C1. The topological polar surface area (TPSA) is 58.4 Å². The van der Waals surface area contributed by atoms with E-state index in [1.54, 1.807) is 39.8 Å². The molecule has 8 heteroatoms. The summed E-state index contributed by atoms with van der Waals surface area (Å²) in [5.41, 5.74) is 2.69. The number of piperazine rings is 1. The predicted molar refractivity (Wildman–Crippen MR) is 155 cm³/mol. The molecule has 1 aliphatic heterocycles. The zero-order chi connectivity index (χ0) is 27.8. The Morgan fingerprint density at radius 2 is 1.82 bits per heavy atom. The van der Waals surface area contributed by atoms with E-state index in [1.807, 2.05) is 36.1 Å². The lowest BCUT2D eigenvalue weighted by atomic mass is 9.99. The summed E-state index contributed by atoms with van der Waals surface area (Å²) >= 11 is 6.80. The third kappa shape index (κ3) is 4.83. The van der Waals surface area contributed by atoms with Crippen molar-refractivity contribution in [2.75, 3.05) is 24.5 Å². The first-order chi connectivity index (χ1) is 18.7. The minimum absolute atomic E-state index is 0.110. The fourth-order valence-corrected chi connectivity index (χ4v) is 5.61. The van der Waals surface area contributed by atoms with Gasteiger partial charge in [0.1, 0.15) is 11.6 Å². The predicted octanol–water partition coefficient (Wildman–Crippen LogP) is 6.19. The summed E-state index contributed by atoms with van der Waals surface area (Å²) in [5.74, 6) is 0.115. The van der Waals surface area contributed by atoms with Crippen molar-refractivity contribution in [3.63, 3.8) is 0 Å². The van der Waals surface area contributed by atoms with Crippen LogP contribution in [-0.4, -0.2) is 46.0 Å². The summed E-state index contributed by atoms with van der Waals surface area (Å²) in [6.07, 6.45) is 1.31. The molecule has 1 fully saturated rings. The smallest absolute Gasteiger partial charge is 0.350 e. The van der Waals surface area contributed by atoms with Gasteiger partial charge in [-0.05, 0) is 48.7 Å². The molecule has 0 radical (unpaired) electrons. The number of rotatable bonds is 5. The Hall–Kier alpha value is -3.97. The number of anilines is 1. The number of benzene rings is 3. The second-order valence-corrected chi connectivity index (χ2v) is 10.5. The third-order valence-corrected chi connectivity index (χ3v) is 7.62. The van der Waals surface area contributed by atoms with Crippen LogP contribution in [0.2, 0.25) is 5.02 Å². The summed E-state index contributed by atoms with van der Waals surface area (Å²) in [7, 11) is 0. The summed E-state index contributed by atoms with van der Waals surface area (Å²) in [4.78, 5) is 34.4. The molecule has 0 N–H and O–H groups in total. The van der Waals surface area contributed by atoms with Crippen molar-refractivity contribution in [1.29, 1.82) is 0 Å². The molecule has 1 saturated heterocycles. The highest BCUT2D eigenvalue weighted by Crippen LogP contribution is 2.38. The van der Waals surface area contributed by atoms with Crippen LogP contribution in [0, 0.1) is 5.82 Å². The highest BCUT2D eigenvalue weighted by molar-refractivity contribution is 6.34. The van der Waals surface area contributed by atoms with Crippen LogP contribution in [0.5, 0.6) is 0 Å². The quantitative estimate of drug-likeness (QED) is 0.281. The molecule has 1 aliphatic rings. The molecule has 1 atom stereocenters. The molecule has 4 aromatic rings.